The monoisotopic (exact) mass is 261 g/mol. The second-order valence-corrected chi connectivity index (χ2v) is 3.92. The summed E-state index contributed by atoms with van der Waals surface area (Å²) in [7, 11) is 1.85. The van der Waals surface area contributed by atoms with Gasteiger partial charge in [0, 0.05) is 12.6 Å². The molecule has 1 aromatic carbocycles. The van der Waals surface area contributed by atoms with Crippen LogP contribution in [0, 0.1) is 5.82 Å². The van der Waals surface area contributed by atoms with Crippen LogP contribution in [0.4, 0.5) is 4.39 Å². The van der Waals surface area contributed by atoms with Gasteiger partial charge in [-0.2, -0.15) is 0 Å². The smallest absolute Gasteiger partial charge is 0.141 e. The zero-order valence-electron chi connectivity index (χ0n) is 8.18. The molecule has 1 rings (SSSR count). The number of ether oxygens (including phenoxy) is 1. The molecule has 0 bridgehead atoms. The third-order valence-electron chi connectivity index (χ3n) is 1.72. The van der Waals surface area contributed by atoms with Crippen molar-refractivity contribution in [2.24, 2.45) is 0 Å². The molecule has 1 N–H and O–H groups in total. The van der Waals surface area contributed by atoms with Gasteiger partial charge in [0.15, 0.2) is 0 Å². The van der Waals surface area contributed by atoms with Crippen molar-refractivity contribution in [3.05, 3.63) is 28.5 Å². The second kappa shape index (κ2) is 5.32. The summed E-state index contributed by atoms with van der Waals surface area (Å²) in [5.74, 6) is 0.243. The van der Waals surface area contributed by atoms with E-state index in [9.17, 15) is 4.39 Å². The zero-order chi connectivity index (χ0) is 10.6. The van der Waals surface area contributed by atoms with E-state index in [2.05, 4.69) is 21.2 Å². The summed E-state index contributed by atoms with van der Waals surface area (Å²) in [4.78, 5) is 0. The molecule has 0 saturated heterocycles. The Bertz CT molecular complexity index is 306. The Kier molecular flexibility index (Phi) is 4.35. The number of halogens is 2. The molecule has 0 aliphatic rings. The molecular formula is C10H13BrFNO. The van der Waals surface area contributed by atoms with E-state index in [1.807, 2.05) is 14.0 Å². The van der Waals surface area contributed by atoms with Crippen LogP contribution in [0.15, 0.2) is 22.7 Å². The van der Waals surface area contributed by atoms with Crippen LogP contribution < -0.4 is 10.1 Å². The largest absolute Gasteiger partial charge is 0.489 e. The third-order valence-corrected chi connectivity index (χ3v) is 2.36. The van der Waals surface area contributed by atoms with Gasteiger partial charge in [0.05, 0.1) is 4.47 Å². The maximum absolute atomic E-state index is 13.1. The lowest BCUT2D eigenvalue weighted by molar-refractivity contribution is 0.219. The quantitative estimate of drug-likeness (QED) is 0.900. The molecule has 1 aromatic rings. The van der Waals surface area contributed by atoms with Gasteiger partial charge in [-0.15, -0.1) is 0 Å². The fourth-order valence-electron chi connectivity index (χ4n) is 1.11. The zero-order valence-corrected chi connectivity index (χ0v) is 9.77. The predicted molar refractivity (Wildman–Crippen MR) is 58.1 cm³/mol. The maximum Gasteiger partial charge on any atom is 0.141 e. The van der Waals surface area contributed by atoms with Crippen molar-refractivity contribution < 1.29 is 9.13 Å². The molecule has 0 aromatic heterocycles. The van der Waals surface area contributed by atoms with E-state index in [0.29, 0.717) is 10.2 Å². The van der Waals surface area contributed by atoms with E-state index in [0.717, 1.165) is 6.54 Å². The van der Waals surface area contributed by atoms with Crippen LogP contribution in [0.2, 0.25) is 0 Å². The lowest BCUT2D eigenvalue weighted by Gasteiger charge is -2.14. The first-order valence-corrected chi connectivity index (χ1v) is 5.19. The van der Waals surface area contributed by atoms with Crippen LogP contribution in [0.3, 0.4) is 0 Å². The van der Waals surface area contributed by atoms with Crippen LogP contribution in [0.25, 0.3) is 0 Å². The highest BCUT2D eigenvalue weighted by molar-refractivity contribution is 9.10. The van der Waals surface area contributed by atoms with Gasteiger partial charge < -0.3 is 10.1 Å². The average molecular weight is 262 g/mol. The van der Waals surface area contributed by atoms with Crippen molar-refractivity contribution in [2.75, 3.05) is 13.6 Å². The van der Waals surface area contributed by atoms with Crippen molar-refractivity contribution in [2.45, 2.75) is 13.0 Å². The summed E-state index contributed by atoms with van der Waals surface area (Å²) >= 11 is 3.08. The van der Waals surface area contributed by atoms with E-state index in [1.165, 1.54) is 6.07 Å². The van der Waals surface area contributed by atoms with E-state index < -0.39 is 0 Å². The first-order chi connectivity index (χ1) is 6.63. The Morgan fingerprint density at radius 1 is 1.57 bits per heavy atom. The molecular weight excluding hydrogens is 249 g/mol. The Hall–Kier alpha value is -0.610. The number of rotatable bonds is 4. The average Bonchev–Trinajstić information content (AvgIpc) is 2.12. The SMILES string of the molecule is CNCC(C)Oc1ccc(Br)c(F)c1. The summed E-state index contributed by atoms with van der Waals surface area (Å²) in [6.07, 6.45) is 0.0283. The minimum absolute atomic E-state index is 0.0283. The van der Waals surface area contributed by atoms with Gasteiger partial charge in [-0.1, -0.05) is 0 Å². The van der Waals surface area contributed by atoms with Gasteiger partial charge in [-0.25, -0.2) is 4.39 Å². The summed E-state index contributed by atoms with van der Waals surface area (Å²) in [6.45, 7) is 2.66. The number of hydrogen-bond donors (Lipinski definition) is 1. The first-order valence-electron chi connectivity index (χ1n) is 4.39. The summed E-state index contributed by atoms with van der Waals surface area (Å²) in [5, 5.41) is 2.99. The first kappa shape index (κ1) is 11.5. The topological polar surface area (TPSA) is 21.3 Å². The number of likely N-dealkylation sites (N-methyl/N-ethyl adjacent to an activating group) is 1. The fraction of sp³-hybridized carbons (Fsp3) is 0.400. The van der Waals surface area contributed by atoms with Crippen LogP contribution in [-0.4, -0.2) is 19.7 Å². The van der Waals surface area contributed by atoms with Crippen LogP contribution in [0.1, 0.15) is 6.92 Å². The van der Waals surface area contributed by atoms with E-state index in [-0.39, 0.29) is 11.9 Å². The van der Waals surface area contributed by atoms with Crippen molar-refractivity contribution >= 4 is 15.9 Å². The summed E-state index contributed by atoms with van der Waals surface area (Å²) in [5.41, 5.74) is 0. The molecule has 14 heavy (non-hydrogen) atoms. The summed E-state index contributed by atoms with van der Waals surface area (Å²) < 4.78 is 19.0. The van der Waals surface area contributed by atoms with Gasteiger partial charge in [0.2, 0.25) is 0 Å². The van der Waals surface area contributed by atoms with Gasteiger partial charge in [0.1, 0.15) is 17.7 Å². The fourth-order valence-corrected chi connectivity index (χ4v) is 1.36. The minimum atomic E-state index is -0.306. The standard InChI is InChI=1S/C10H13BrFNO/c1-7(6-13-2)14-8-3-4-9(11)10(12)5-8/h3-5,7,13H,6H2,1-2H3. The molecule has 0 fully saturated rings. The highest BCUT2D eigenvalue weighted by Crippen LogP contribution is 2.21. The minimum Gasteiger partial charge on any atom is -0.489 e. The lowest BCUT2D eigenvalue weighted by atomic mass is 10.3. The van der Waals surface area contributed by atoms with E-state index in [1.54, 1.807) is 12.1 Å². The predicted octanol–water partition coefficient (Wildman–Crippen LogP) is 2.57. The molecule has 1 unspecified atom stereocenters. The molecule has 0 radical (unpaired) electrons. The van der Waals surface area contributed by atoms with Gasteiger partial charge in [-0.3, -0.25) is 0 Å². The van der Waals surface area contributed by atoms with E-state index in [4.69, 9.17) is 4.74 Å². The molecule has 1 atom stereocenters. The molecule has 78 valence electrons. The highest BCUT2D eigenvalue weighted by atomic mass is 79.9. The molecule has 0 aliphatic heterocycles. The normalized spacial score (nSPS) is 12.6. The Balaban J connectivity index is 2.63. The van der Waals surface area contributed by atoms with E-state index >= 15 is 0 Å². The maximum atomic E-state index is 13.1. The number of nitrogens with one attached hydrogen (secondary N) is 1. The van der Waals surface area contributed by atoms with Gasteiger partial charge >= 0.3 is 0 Å². The highest BCUT2D eigenvalue weighted by Gasteiger charge is 2.05. The van der Waals surface area contributed by atoms with Crippen LogP contribution in [0.5, 0.6) is 5.75 Å². The lowest BCUT2D eigenvalue weighted by Crippen LogP contribution is -2.26. The molecule has 2 nitrogen and oxygen atoms in total. The molecule has 0 amide bonds. The second-order valence-electron chi connectivity index (χ2n) is 3.06. The van der Waals surface area contributed by atoms with Gasteiger partial charge in [-0.05, 0) is 42.0 Å². The Morgan fingerprint density at radius 2 is 2.29 bits per heavy atom. The molecule has 0 spiro atoms. The van der Waals surface area contributed by atoms with Crippen LogP contribution >= 0.6 is 15.9 Å². The number of hydrogen-bond acceptors (Lipinski definition) is 2. The van der Waals surface area contributed by atoms with Gasteiger partial charge in [0.25, 0.3) is 0 Å². The Morgan fingerprint density at radius 3 is 2.86 bits per heavy atom. The van der Waals surface area contributed by atoms with Crippen molar-refractivity contribution in [3.8, 4) is 5.75 Å². The summed E-state index contributed by atoms with van der Waals surface area (Å²) in [6, 6.07) is 4.74. The number of benzene rings is 1. The molecule has 0 aliphatic carbocycles. The van der Waals surface area contributed by atoms with Crippen molar-refractivity contribution in [1.29, 1.82) is 0 Å². The molecule has 4 heteroatoms. The third kappa shape index (κ3) is 3.27. The van der Waals surface area contributed by atoms with Crippen LogP contribution in [-0.2, 0) is 0 Å². The molecule has 0 saturated carbocycles. The Labute approximate surface area is 91.6 Å². The van der Waals surface area contributed by atoms with Crippen molar-refractivity contribution in [3.63, 3.8) is 0 Å². The molecule has 0 heterocycles. The van der Waals surface area contributed by atoms with Crippen molar-refractivity contribution in [1.82, 2.24) is 5.32 Å².